The Hall–Kier alpha value is -3.52. The molecule has 1 N–H and O–H groups in total. The van der Waals surface area contributed by atoms with Crippen LogP contribution in [0.4, 0.5) is 5.69 Å². The summed E-state index contributed by atoms with van der Waals surface area (Å²) in [5, 5.41) is 2.80. The molecule has 0 fully saturated rings. The van der Waals surface area contributed by atoms with E-state index < -0.39 is 22.0 Å². The van der Waals surface area contributed by atoms with Gasteiger partial charge in [-0.1, -0.05) is 62.4 Å². The van der Waals surface area contributed by atoms with Crippen molar-refractivity contribution in [2.45, 2.75) is 30.8 Å². The zero-order chi connectivity index (χ0) is 24.1. The Morgan fingerprint density at radius 3 is 2.47 bits per heavy atom. The van der Waals surface area contributed by atoms with Crippen LogP contribution < -0.4 is 19.1 Å². The molecule has 34 heavy (non-hydrogen) atoms. The van der Waals surface area contributed by atoms with Gasteiger partial charge < -0.3 is 14.8 Å². The topological polar surface area (TPSA) is 84.9 Å². The number of hydrogen-bond acceptors (Lipinski definition) is 5. The Morgan fingerprint density at radius 2 is 1.71 bits per heavy atom. The van der Waals surface area contributed by atoms with Gasteiger partial charge in [-0.25, -0.2) is 8.42 Å². The fourth-order valence-electron chi connectivity index (χ4n) is 3.82. The lowest BCUT2D eigenvalue weighted by Gasteiger charge is -2.34. The largest absolute Gasteiger partial charge is 0.491 e. The highest BCUT2D eigenvalue weighted by atomic mass is 32.2. The molecule has 0 unspecified atom stereocenters. The van der Waals surface area contributed by atoms with Crippen molar-refractivity contribution < 1.29 is 22.7 Å². The molecule has 4 rings (SSSR count). The molecule has 1 aliphatic rings. The quantitative estimate of drug-likeness (QED) is 0.494. The van der Waals surface area contributed by atoms with Crippen LogP contribution in [0.2, 0.25) is 0 Å². The van der Waals surface area contributed by atoms with Crippen LogP contribution in [0.1, 0.15) is 25.3 Å². The number of nitrogens with one attached hydrogen (secondary N) is 1. The van der Waals surface area contributed by atoms with E-state index in [0.29, 0.717) is 17.4 Å². The molecule has 8 heteroatoms. The first-order valence-corrected chi connectivity index (χ1v) is 12.6. The predicted octanol–water partition coefficient (Wildman–Crippen LogP) is 3.96. The lowest BCUT2D eigenvalue weighted by Crippen LogP contribution is -2.51. The molecule has 178 valence electrons. The molecule has 0 saturated carbocycles. The van der Waals surface area contributed by atoms with Crippen LogP contribution in [-0.2, 0) is 14.8 Å². The van der Waals surface area contributed by atoms with Crippen molar-refractivity contribution in [3.05, 3.63) is 84.4 Å². The number of amides is 1. The first-order valence-electron chi connectivity index (χ1n) is 11.2. The number of fused-ring (bicyclic) bond motifs is 1. The van der Waals surface area contributed by atoms with Gasteiger partial charge in [-0.05, 0) is 41.8 Å². The Morgan fingerprint density at radius 1 is 1.03 bits per heavy atom. The highest BCUT2D eigenvalue weighted by Crippen LogP contribution is 2.36. The first kappa shape index (κ1) is 23.6. The number of carbonyl (C=O) groups excluding carboxylic acids is 1. The summed E-state index contributed by atoms with van der Waals surface area (Å²) in [4.78, 5) is 13.0. The smallest absolute Gasteiger partial charge is 0.264 e. The van der Waals surface area contributed by atoms with Crippen LogP contribution in [0.15, 0.2) is 83.8 Å². The van der Waals surface area contributed by atoms with Crippen LogP contribution in [0, 0.1) is 0 Å². The zero-order valence-corrected chi connectivity index (χ0v) is 20.0. The molecular weight excluding hydrogens is 452 g/mol. The molecule has 0 saturated heterocycles. The van der Waals surface area contributed by atoms with E-state index in [-0.39, 0.29) is 24.6 Å². The van der Waals surface area contributed by atoms with Gasteiger partial charge in [-0.3, -0.25) is 9.10 Å². The summed E-state index contributed by atoms with van der Waals surface area (Å²) >= 11 is 0. The standard InChI is InChI=1S/C26H28N2O5S/c1-19(2)21-12-6-8-14-23(21)32-17-16-27-26(29)25-18-28(22-13-7-9-15-24(22)33-25)34(30,31)20-10-4-3-5-11-20/h3-15,19,25H,16-18H2,1-2H3,(H,27,29)/t25-/m0/s1. The summed E-state index contributed by atoms with van der Waals surface area (Å²) in [5.41, 5.74) is 1.51. The fourth-order valence-corrected chi connectivity index (χ4v) is 5.32. The Kier molecular flexibility index (Phi) is 7.07. The van der Waals surface area contributed by atoms with Gasteiger partial charge in [0.25, 0.3) is 15.9 Å². The van der Waals surface area contributed by atoms with E-state index in [0.717, 1.165) is 11.3 Å². The lowest BCUT2D eigenvalue weighted by atomic mass is 10.0. The second-order valence-corrected chi connectivity index (χ2v) is 10.1. The predicted molar refractivity (Wildman–Crippen MR) is 131 cm³/mol. The first-order chi connectivity index (χ1) is 16.4. The maximum atomic E-state index is 13.3. The summed E-state index contributed by atoms with van der Waals surface area (Å²) in [7, 11) is -3.87. The SMILES string of the molecule is CC(C)c1ccccc1OCCNC(=O)[C@@H]1CN(S(=O)(=O)c2ccccc2)c2ccccc2O1. The van der Waals surface area contributed by atoms with Crippen LogP contribution >= 0.6 is 0 Å². The van der Waals surface area contributed by atoms with E-state index >= 15 is 0 Å². The van der Waals surface area contributed by atoms with E-state index in [1.165, 1.54) is 16.4 Å². The number of anilines is 1. The number of benzene rings is 3. The van der Waals surface area contributed by atoms with Gasteiger partial charge in [0.2, 0.25) is 0 Å². The van der Waals surface area contributed by atoms with Gasteiger partial charge in [0.1, 0.15) is 18.1 Å². The van der Waals surface area contributed by atoms with E-state index in [1.54, 1.807) is 42.5 Å². The van der Waals surface area contributed by atoms with Crippen LogP contribution in [0.5, 0.6) is 11.5 Å². The van der Waals surface area contributed by atoms with Gasteiger partial charge >= 0.3 is 0 Å². The monoisotopic (exact) mass is 480 g/mol. The van der Waals surface area contributed by atoms with E-state index in [1.807, 2.05) is 24.3 Å². The summed E-state index contributed by atoms with van der Waals surface area (Å²) in [5.74, 6) is 1.05. The Labute approximate surface area is 200 Å². The highest BCUT2D eigenvalue weighted by molar-refractivity contribution is 7.92. The zero-order valence-electron chi connectivity index (χ0n) is 19.2. The molecule has 1 heterocycles. The molecule has 3 aromatic carbocycles. The summed E-state index contributed by atoms with van der Waals surface area (Å²) in [6.07, 6.45) is -0.990. The number of ether oxygens (including phenoxy) is 2. The van der Waals surface area contributed by atoms with Gasteiger partial charge in [-0.15, -0.1) is 0 Å². The number of carbonyl (C=O) groups is 1. The van der Waals surface area contributed by atoms with Crippen molar-refractivity contribution >= 4 is 21.6 Å². The third-order valence-electron chi connectivity index (χ3n) is 5.56. The second-order valence-electron chi connectivity index (χ2n) is 8.26. The molecule has 0 radical (unpaired) electrons. The summed E-state index contributed by atoms with van der Waals surface area (Å²) in [6.45, 7) is 4.61. The molecule has 7 nitrogen and oxygen atoms in total. The van der Waals surface area contributed by atoms with Crippen LogP contribution in [0.3, 0.4) is 0 Å². The van der Waals surface area contributed by atoms with E-state index in [9.17, 15) is 13.2 Å². The van der Waals surface area contributed by atoms with Crippen molar-refractivity contribution in [1.29, 1.82) is 0 Å². The maximum absolute atomic E-state index is 13.3. The minimum atomic E-state index is -3.87. The number of hydrogen-bond donors (Lipinski definition) is 1. The molecule has 1 atom stereocenters. The summed E-state index contributed by atoms with van der Waals surface area (Å²) < 4.78 is 39.6. The van der Waals surface area contributed by atoms with Gasteiger partial charge in [0.15, 0.2) is 6.10 Å². The van der Waals surface area contributed by atoms with Crippen molar-refractivity contribution in [2.24, 2.45) is 0 Å². The van der Waals surface area contributed by atoms with Gasteiger partial charge in [-0.2, -0.15) is 0 Å². The lowest BCUT2D eigenvalue weighted by molar-refractivity contribution is -0.127. The average molecular weight is 481 g/mol. The normalized spacial score (nSPS) is 15.4. The van der Waals surface area contributed by atoms with Gasteiger partial charge in [0.05, 0.1) is 23.7 Å². The number of rotatable bonds is 8. The molecule has 0 aromatic heterocycles. The van der Waals surface area contributed by atoms with Crippen molar-refractivity contribution in [1.82, 2.24) is 5.32 Å². The highest BCUT2D eigenvalue weighted by Gasteiger charge is 2.37. The van der Waals surface area contributed by atoms with Crippen LogP contribution in [-0.4, -0.2) is 40.1 Å². The van der Waals surface area contributed by atoms with Gasteiger partial charge in [0, 0.05) is 0 Å². The van der Waals surface area contributed by atoms with Crippen molar-refractivity contribution in [3.63, 3.8) is 0 Å². The third kappa shape index (κ3) is 5.02. The molecule has 3 aromatic rings. The second kappa shape index (κ2) is 10.2. The Balaban J connectivity index is 1.44. The van der Waals surface area contributed by atoms with Crippen LogP contribution in [0.25, 0.3) is 0 Å². The minimum Gasteiger partial charge on any atom is -0.491 e. The average Bonchev–Trinajstić information content (AvgIpc) is 2.86. The molecule has 1 aliphatic heterocycles. The van der Waals surface area contributed by atoms with Crippen molar-refractivity contribution in [3.8, 4) is 11.5 Å². The maximum Gasteiger partial charge on any atom is 0.264 e. The number of nitrogens with zero attached hydrogens (tertiary/aromatic N) is 1. The van der Waals surface area contributed by atoms with E-state index in [4.69, 9.17) is 9.47 Å². The molecule has 0 spiro atoms. The number of para-hydroxylation sites is 3. The fraction of sp³-hybridized carbons (Fsp3) is 0.269. The summed E-state index contributed by atoms with van der Waals surface area (Å²) in [6, 6.07) is 22.8. The minimum absolute atomic E-state index is 0.128. The Bertz CT molecular complexity index is 1240. The molecule has 0 aliphatic carbocycles. The number of sulfonamides is 1. The third-order valence-corrected chi connectivity index (χ3v) is 7.35. The molecule has 0 bridgehead atoms. The molecule has 1 amide bonds. The van der Waals surface area contributed by atoms with Crippen molar-refractivity contribution in [2.75, 3.05) is 24.0 Å². The van der Waals surface area contributed by atoms with E-state index in [2.05, 4.69) is 19.2 Å². The molecular formula is C26H28N2O5S.